The van der Waals surface area contributed by atoms with Crippen molar-refractivity contribution in [2.75, 3.05) is 52.9 Å². The molecular weight excluding hydrogens is 582 g/mol. The average Bonchev–Trinajstić information content (AvgIpc) is 3.37. The number of nitrogens with one attached hydrogen (secondary N) is 1. The maximum atomic E-state index is 14.1. The quantitative estimate of drug-likeness (QED) is 0.288. The zero-order valence-electron chi connectivity index (χ0n) is 27.2. The molecule has 45 heavy (non-hydrogen) atoms. The zero-order valence-corrected chi connectivity index (χ0v) is 28.0. The lowest BCUT2D eigenvalue weighted by molar-refractivity contribution is -0.138. The average molecular weight is 630 g/mol. The normalized spacial score (nSPS) is 18.5. The lowest BCUT2D eigenvalue weighted by Crippen LogP contribution is -2.56. The Morgan fingerprint density at radius 2 is 1.60 bits per heavy atom. The van der Waals surface area contributed by atoms with Crippen LogP contribution in [0, 0.1) is 6.92 Å². The van der Waals surface area contributed by atoms with Crippen LogP contribution in [0.25, 0.3) is 0 Å². The van der Waals surface area contributed by atoms with Gasteiger partial charge in [-0.2, -0.15) is 0 Å². The minimum absolute atomic E-state index is 0.000503. The maximum Gasteiger partial charge on any atom is 0.245 e. The van der Waals surface area contributed by atoms with E-state index in [-0.39, 0.29) is 23.9 Å². The number of carbonyl (C=O) groups excluding carboxylic acids is 2. The first-order valence-corrected chi connectivity index (χ1v) is 16.8. The van der Waals surface area contributed by atoms with E-state index in [0.29, 0.717) is 31.0 Å². The fourth-order valence-electron chi connectivity index (χ4n) is 6.79. The number of benzene rings is 3. The van der Waals surface area contributed by atoms with Crippen LogP contribution in [0.1, 0.15) is 60.2 Å². The standard InChI is InChI=1S/C37H48ClN5O2/c1-5-41(6-2)26-35(29-15-11-27(3)12-16-29)42-19-21-43(22-20-42)37(45)33(23-28-13-17-31(38)18-14-28)39-36(44)24-34-32-10-8-7-9-30(32)25-40(34)4/h7-18,33-35H,5-6,19-26H2,1-4H3,(H,39,44)/t33-,34?,35?/m1/s1. The van der Waals surface area contributed by atoms with Crippen molar-refractivity contribution < 1.29 is 9.59 Å². The molecule has 3 aromatic rings. The maximum absolute atomic E-state index is 14.1. The second-order valence-corrected chi connectivity index (χ2v) is 13.0. The summed E-state index contributed by atoms with van der Waals surface area (Å²) in [4.78, 5) is 36.8. The molecule has 2 unspecified atom stereocenters. The Labute approximate surface area is 274 Å². The van der Waals surface area contributed by atoms with Crippen molar-refractivity contribution in [2.24, 2.45) is 0 Å². The van der Waals surface area contributed by atoms with Crippen molar-refractivity contribution in [2.45, 2.75) is 58.3 Å². The van der Waals surface area contributed by atoms with Gasteiger partial charge in [-0.15, -0.1) is 0 Å². The van der Waals surface area contributed by atoms with Gasteiger partial charge >= 0.3 is 0 Å². The molecule has 8 heteroatoms. The third-order valence-electron chi connectivity index (χ3n) is 9.59. The number of hydrogen-bond donors (Lipinski definition) is 1. The summed E-state index contributed by atoms with van der Waals surface area (Å²) in [6.07, 6.45) is 0.738. The largest absolute Gasteiger partial charge is 0.344 e. The van der Waals surface area contributed by atoms with Gasteiger partial charge in [0.15, 0.2) is 0 Å². The predicted octanol–water partition coefficient (Wildman–Crippen LogP) is 5.48. The van der Waals surface area contributed by atoms with Crippen LogP contribution >= 0.6 is 11.6 Å². The lowest BCUT2D eigenvalue weighted by Gasteiger charge is -2.42. The highest BCUT2D eigenvalue weighted by molar-refractivity contribution is 6.30. The second kappa shape index (κ2) is 15.4. The van der Waals surface area contributed by atoms with Gasteiger partial charge in [-0.1, -0.05) is 91.7 Å². The Morgan fingerprint density at radius 1 is 0.933 bits per heavy atom. The molecule has 0 bridgehead atoms. The molecule has 1 fully saturated rings. The summed E-state index contributed by atoms with van der Waals surface area (Å²) in [7, 11) is 2.05. The summed E-state index contributed by atoms with van der Waals surface area (Å²) in [6.45, 7) is 13.2. The Hall–Kier alpha value is -3.23. The molecule has 0 spiro atoms. The number of aryl methyl sites for hydroxylation is 1. The van der Waals surface area contributed by atoms with Crippen LogP contribution in [-0.4, -0.2) is 90.3 Å². The van der Waals surface area contributed by atoms with Crippen molar-refractivity contribution in [1.82, 2.24) is 24.9 Å². The number of nitrogens with zero attached hydrogens (tertiary/aromatic N) is 4. The molecule has 5 rings (SSSR count). The van der Waals surface area contributed by atoms with Crippen LogP contribution in [0.5, 0.6) is 0 Å². The van der Waals surface area contributed by atoms with E-state index in [1.54, 1.807) is 0 Å². The molecule has 3 atom stereocenters. The highest BCUT2D eigenvalue weighted by Crippen LogP contribution is 2.34. The number of carbonyl (C=O) groups is 2. The fraction of sp³-hybridized carbons (Fsp3) is 0.459. The fourth-order valence-corrected chi connectivity index (χ4v) is 6.92. The lowest BCUT2D eigenvalue weighted by atomic mass is 10.0. The first-order chi connectivity index (χ1) is 21.7. The smallest absolute Gasteiger partial charge is 0.245 e. The number of likely N-dealkylation sites (N-methyl/N-ethyl adjacent to an activating group) is 1. The summed E-state index contributed by atoms with van der Waals surface area (Å²) in [5.74, 6) is -0.123. The third kappa shape index (κ3) is 8.33. The van der Waals surface area contributed by atoms with E-state index in [1.807, 2.05) is 41.3 Å². The van der Waals surface area contributed by atoms with Gasteiger partial charge in [0.2, 0.25) is 11.8 Å². The van der Waals surface area contributed by atoms with Gasteiger partial charge in [0.25, 0.3) is 0 Å². The van der Waals surface area contributed by atoms with Crippen molar-refractivity contribution in [1.29, 1.82) is 0 Å². The SMILES string of the molecule is CCN(CC)CC(c1ccc(C)cc1)N1CCN(C(=O)[C@@H](Cc2ccc(Cl)cc2)NC(=O)CC2c3ccccc3CN2C)CC1. The molecule has 0 saturated carbocycles. The Morgan fingerprint density at radius 3 is 2.27 bits per heavy atom. The first kappa shape index (κ1) is 33.1. The third-order valence-corrected chi connectivity index (χ3v) is 9.84. The highest BCUT2D eigenvalue weighted by Gasteiger charge is 2.34. The summed E-state index contributed by atoms with van der Waals surface area (Å²) in [5.41, 5.74) is 6.00. The predicted molar refractivity (Wildman–Crippen MR) is 182 cm³/mol. The molecule has 0 aromatic heterocycles. The van der Waals surface area contributed by atoms with E-state index < -0.39 is 6.04 Å². The number of fused-ring (bicyclic) bond motifs is 1. The second-order valence-electron chi connectivity index (χ2n) is 12.6. The molecule has 0 radical (unpaired) electrons. The molecule has 2 aliphatic heterocycles. The van der Waals surface area contributed by atoms with Crippen molar-refractivity contribution in [3.63, 3.8) is 0 Å². The van der Waals surface area contributed by atoms with Gasteiger partial charge in [-0.05, 0) is 61.4 Å². The van der Waals surface area contributed by atoms with Crippen molar-refractivity contribution in [3.05, 3.63) is 106 Å². The van der Waals surface area contributed by atoms with Crippen LogP contribution in [0.2, 0.25) is 5.02 Å². The molecule has 2 amide bonds. The summed E-state index contributed by atoms with van der Waals surface area (Å²) in [6, 6.07) is 24.4. The molecule has 2 aliphatic rings. The Kier molecular flexibility index (Phi) is 11.3. The molecule has 240 valence electrons. The van der Waals surface area contributed by atoms with Crippen LogP contribution in [0.15, 0.2) is 72.8 Å². The number of hydrogen-bond acceptors (Lipinski definition) is 5. The molecule has 2 heterocycles. The van der Waals surface area contributed by atoms with Gasteiger partial charge in [0.1, 0.15) is 6.04 Å². The van der Waals surface area contributed by atoms with Gasteiger partial charge in [-0.3, -0.25) is 19.4 Å². The number of halogens is 1. The summed E-state index contributed by atoms with van der Waals surface area (Å²) >= 11 is 6.15. The van der Waals surface area contributed by atoms with Crippen LogP contribution in [0.3, 0.4) is 0 Å². The molecule has 1 saturated heterocycles. The summed E-state index contributed by atoms with van der Waals surface area (Å²) < 4.78 is 0. The van der Waals surface area contributed by atoms with E-state index in [0.717, 1.165) is 44.8 Å². The van der Waals surface area contributed by atoms with Gasteiger partial charge in [0, 0.05) is 69.2 Å². The van der Waals surface area contributed by atoms with E-state index in [9.17, 15) is 9.59 Å². The van der Waals surface area contributed by atoms with Crippen LogP contribution < -0.4 is 5.32 Å². The Bertz CT molecular complexity index is 1420. The molecule has 7 nitrogen and oxygen atoms in total. The van der Waals surface area contributed by atoms with Crippen LogP contribution in [0.4, 0.5) is 0 Å². The first-order valence-electron chi connectivity index (χ1n) is 16.4. The molecule has 3 aromatic carbocycles. The minimum atomic E-state index is -0.643. The van der Waals surface area contributed by atoms with E-state index in [1.165, 1.54) is 22.3 Å². The number of piperazine rings is 1. The van der Waals surface area contributed by atoms with Gasteiger partial charge in [-0.25, -0.2) is 0 Å². The topological polar surface area (TPSA) is 59.1 Å². The number of rotatable bonds is 12. The van der Waals surface area contributed by atoms with Gasteiger partial charge < -0.3 is 15.1 Å². The van der Waals surface area contributed by atoms with E-state index >= 15 is 0 Å². The molecular formula is C37H48ClN5O2. The van der Waals surface area contributed by atoms with E-state index in [2.05, 4.69) is 84.2 Å². The molecule has 0 aliphatic carbocycles. The van der Waals surface area contributed by atoms with Crippen molar-refractivity contribution >= 4 is 23.4 Å². The monoisotopic (exact) mass is 629 g/mol. The van der Waals surface area contributed by atoms with Gasteiger partial charge in [0.05, 0.1) is 0 Å². The summed E-state index contributed by atoms with van der Waals surface area (Å²) in [5, 5.41) is 3.80. The minimum Gasteiger partial charge on any atom is -0.344 e. The van der Waals surface area contributed by atoms with Crippen LogP contribution in [-0.2, 0) is 22.6 Å². The van der Waals surface area contributed by atoms with E-state index in [4.69, 9.17) is 11.6 Å². The number of amides is 2. The highest BCUT2D eigenvalue weighted by atomic mass is 35.5. The zero-order chi connectivity index (χ0) is 31.9. The van der Waals surface area contributed by atoms with Crippen molar-refractivity contribution in [3.8, 4) is 0 Å². The molecule has 1 N–H and O–H groups in total. The Balaban J connectivity index is 1.28.